The van der Waals surface area contributed by atoms with Gasteiger partial charge in [-0.15, -0.1) is 0 Å². The Morgan fingerprint density at radius 3 is 2.33 bits per heavy atom. The highest BCUT2D eigenvalue weighted by atomic mass is 32.3. The van der Waals surface area contributed by atoms with Crippen LogP contribution in [0.1, 0.15) is 5.56 Å². The molecule has 0 N–H and O–H groups in total. The van der Waals surface area contributed by atoms with Crippen molar-refractivity contribution in [2.24, 2.45) is 0 Å². The van der Waals surface area contributed by atoms with E-state index >= 15 is 0 Å². The molecule has 9 heteroatoms. The zero-order valence-corrected chi connectivity index (χ0v) is 15.3. The molecule has 0 bridgehead atoms. The van der Waals surface area contributed by atoms with Crippen LogP contribution in [0, 0.1) is 0 Å². The van der Waals surface area contributed by atoms with Crippen LogP contribution in [-0.2, 0) is 8.98 Å². The number of halogens is 6. The van der Waals surface area contributed by atoms with Crippen molar-refractivity contribution in [1.29, 1.82) is 0 Å². The van der Waals surface area contributed by atoms with Crippen LogP contribution in [0.5, 0.6) is 0 Å². The molecule has 1 aromatic rings. The number of hydrogen-bond donors (Lipinski definition) is 0. The van der Waals surface area contributed by atoms with Gasteiger partial charge in [-0.2, -0.15) is 17.6 Å². The van der Waals surface area contributed by atoms with Crippen molar-refractivity contribution in [3.63, 3.8) is 0 Å². The fourth-order valence-electron chi connectivity index (χ4n) is 2.33. The molecule has 150 valence electrons. The molecular formula is C18H18F6O2S. The molecule has 0 spiro atoms. The van der Waals surface area contributed by atoms with E-state index < -0.39 is 40.0 Å². The molecule has 2 rings (SSSR count). The van der Waals surface area contributed by atoms with Gasteiger partial charge in [0.1, 0.15) is 0 Å². The second-order valence-corrected chi connectivity index (χ2v) is 9.83. The smallest absolute Gasteiger partial charge is 0.365 e. The van der Waals surface area contributed by atoms with Gasteiger partial charge in [0.2, 0.25) is 0 Å². The van der Waals surface area contributed by atoms with Gasteiger partial charge in [0.25, 0.3) is 5.67 Å². The second-order valence-electron chi connectivity index (χ2n) is 6.46. The first-order chi connectivity index (χ1) is 12.3. The molecule has 0 amide bonds. The predicted octanol–water partition coefficient (Wildman–Crippen LogP) is 5.11. The van der Waals surface area contributed by atoms with Gasteiger partial charge in [0.15, 0.2) is 6.17 Å². The van der Waals surface area contributed by atoms with Gasteiger partial charge in [0, 0.05) is 5.75 Å². The summed E-state index contributed by atoms with van der Waals surface area (Å²) < 4.78 is 87.0. The van der Waals surface area contributed by atoms with E-state index in [1.54, 1.807) is 36.4 Å². The number of carbonyl (C=O) groups excluding carboxylic acids is 1. The molecule has 1 aliphatic rings. The monoisotopic (exact) mass is 412 g/mol. The summed E-state index contributed by atoms with van der Waals surface area (Å²) in [6.45, 7) is 0. The number of carbonyl (C=O) groups is 1. The molecule has 2 atom stereocenters. The Hall–Kier alpha value is -1.90. The van der Waals surface area contributed by atoms with E-state index in [2.05, 4.69) is 0 Å². The Labute approximate surface area is 154 Å². The maximum Gasteiger partial charge on any atom is 0.365 e. The Morgan fingerprint density at radius 2 is 1.74 bits per heavy atom. The minimum Gasteiger partial charge on any atom is -0.413 e. The highest BCUT2D eigenvalue weighted by Crippen LogP contribution is 2.53. The van der Waals surface area contributed by atoms with Crippen LogP contribution < -0.4 is 0 Å². The average molecular weight is 412 g/mol. The molecule has 0 aliphatic heterocycles. The van der Waals surface area contributed by atoms with Crippen molar-refractivity contribution in [2.75, 3.05) is 18.3 Å². The second kappa shape index (κ2) is 7.26. The fraction of sp³-hybridized carbons (Fsp3) is 0.389. The van der Waals surface area contributed by atoms with Crippen LogP contribution in [0.3, 0.4) is 0 Å². The standard InChI is InChI=1S/C18H18F6O2S/c1-27(2,12-6-9-13-7-4-3-5-8-13)26-15(25)16(20)11-10-14(19)17(21,22)18(16,23)24/h3-11,14H,12H2,1-2H3. The lowest BCUT2D eigenvalue weighted by Gasteiger charge is -2.40. The Balaban J connectivity index is 2.15. The topological polar surface area (TPSA) is 26.3 Å². The molecule has 2 unspecified atom stereocenters. The van der Waals surface area contributed by atoms with E-state index in [1.807, 2.05) is 6.07 Å². The summed E-state index contributed by atoms with van der Waals surface area (Å²) in [4.78, 5) is 12.0. The average Bonchev–Trinajstić information content (AvgIpc) is 2.58. The first kappa shape index (κ1) is 21.4. The van der Waals surface area contributed by atoms with Gasteiger partial charge in [0.05, 0.1) is 0 Å². The van der Waals surface area contributed by atoms with Crippen LogP contribution in [0.4, 0.5) is 26.3 Å². The normalized spacial score (nSPS) is 27.5. The van der Waals surface area contributed by atoms with Gasteiger partial charge < -0.3 is 4.18 Å². The van der Waals surface area contributed by atoms with E-state index in [-0.39, 0.29) is 17.9 Å². The highest BCUT2D eigenvalue weighted by molar-refractivity contribution is 8.29. The maximum absolute atomic E-state index is 14.6. The quantitative estimate of drug-likeness (QED) is 0.496. The lowest BCUT2D eigenvalue weighted by molar-refractivity contribution is -0.278. The number of alkyl halides is 6. The maximum atomic E-state index is 14.6. The van der Waals surface area contributed by atoms with E-state index in [4.69, 9.17) is 4.18 Å². The van der Waals surface area contributed by atoms with E-state index in [9.17, 15) is 31.1 Å². The van der Waals surface area contributed by atoms with Crippen molar-refractivity contribution in [2.45, 2.75) is 23.7 Å². The molecule has 27 heavy (non-hydrogen) atoms. The Bertz CT molecular complexity index is 747. The largest absolute Gasteiger partial charge is 0.413 e. The molecule has 2 nitrogen and oxygen atoms in total. The van der Waals surface area contributed by atoms with Crippen LogP contribution in [0.15, 0.2) is 48.6 Å². The molecule has 1 aromatic carbocycles. The van der Waals surface area contributed by atoms with Crippen molar-refractivity contribution in [3.8, 4) is 0 Å². The van der Waals surface area contributed by atoms with E-state index in [1.165, 1.54) is 12.5 Å². The third-order valence-electron chi connectivity index (χ3n) is 3.92. The number of rotatable bonds is 5. The van der Waals surface area contributed by atoms with Crippen LogP contribution >= 0.6 is 10.3 Å². The SMILES string of the molecule is CS(C)(CC=Cc1ccccc1)OC(=O)C1(F)C=CC(F)C(F)(F)C1(F)F. The van der Waals surface area contributed by atoms with Crippen molar-refractivity contribution in [3.05, 3.63) is 54.1 Å². The minimum atomic E-state index is -5.58. The van der Waals surface area contributed by atoms with Gasteiger partial charge in [-0.3, -0.25) is 0 Å². The van der Waals surface area contributed by atoms with Gasteiger partial charge >= 0.3 is 17.8 Å². The van der Waals surface area contributed by atoms with Crippen molar-refractivity contribution >= 4 is 22.4 Å². The summed E-state index contributed by atoms with van der Waals surface area (Å²) in [7, 11) is -2.42. The van der Waals surface area contributed by atoms with E-state index in [0.717, 1.165) is 5.56 Å². The fourth-order valence-corrected chi connectivity index (χ4v) is 3.49. The zero-order valence-electron chi connectivity index (χ0n) is 14.5. The molecule has 0 radical (unpaired) electrons. The summed E-state index contributed by atoms with van der Waals surface area (Å²) in [5, 5.41) is 0. The highest BCUT2D eigenvalue weighted by Gasteiger charge is 2.77. The number of benzene rings is 1. The predicted molar refractivity (Wildman–Crippen MR) is 93.6 cm³/mol. The first-order valence-corrected chi connectivity index (χ1v) is 10.3. The van der Waals surface area contributed by atoms with Crippen LogP contribution in [-0.4, -0.2) is 47.9 Å². The summed E-state index contributed by atoms with van der Waals surface area (Å²) in [6.07, 6.45) is 2.39. The Morgan fingerprint density at radius 1 is 1.15 bits per heavy atom. The van der Waals surface area contributed by atoms with Gasteiger partial charge in [-0.25, -0.2) is 13.6 Å². The number of hydrogen-bond acceptors (Lipinski definition) is 2. The lowest BCUT2D eigenvalue weighted by Crippen LogP contribution is -2.65. The Kier molecular flexibility index (Phi) is 5.75. The summed E-state index contributed by atoms with van der Waals surface area (Å²) >= 11 is 0. The third kappa shape index (κ3) is 4.02. The molecule has 0 fully saturated rings. The van der Waals surface area contributed by atoms with Crippen LogP contribution in [0.25, 0.3) is 6.08 Å². The molecular weight excluding hydrogens is 394 g/mol. The van der Waals surface area contributed by atoms with Crippen LogP contribution in [0.2, 0.25) is 0 Å². The van der Waals surface area contributed by atoms with Gasteiger partial charge in [-0.05, 0) is 30.2 Å². The molecule has 1 aliphatic carbocycles. The molecule has 0 heterocycles. The molecule has 0 saturated heterocycles. The third-order valence-corrected chi connectivity index (χ3v) is 5.52. The minimum absolute atomic E-state index is 0.0845. The summed E-state index contributed by atoms with van der Waals surface area (Å²) in [6, 6.07) is 8.99. The first-order valence-electron chi connectivity index (χ1n) is 7.78. The summed E-state index contributed by atoms with van der Waals surface area (Å²) in [5.74, 6) is -13.0. The molecule has 0 saturated carbocycles. The van der Waals surface area contributed by atoms with Crippen molar-refractivity contribution < 1.29 is 35.3 Å². The lowest BCUT2D eigenvalue weighted by atomic mass is 9.84. The summed E-state index contributed by atoms with van der Waals surface area (Å²) in [5.41, 5.74) is -3.62. The zero-order chi connectivity index (χ0) is 20.5. The number of allylic oxidation sites excluding steroid dienone is 1. The van der Waals surface area contributed by atoms with Crippen molar-refractivity contribution in [1.82, 2.24) is 0 Å². The molecule has 0 aromatic heterocycles. The van der Waals surface area contributed by atoms with Gasteiger partial charge in [-0.1, -0.05) is 52.8 Å². The van der Waals surface area contributed by atoms with E-state index in [0.29, 0.717) is 0 Å².